The molecular weight excluding hydrogens is 252 g/mol. The Kier molecular flexibility index (Phi) is 3.97. The zero-order valence-corrected chi connectivity index (χ0v) is 11.1. The average Bonchev–Trinajstić information content (AvgIpc) is 3.13. The first-order valence-corrected chi connectivity index (χ1v) is 6.47. The van der Waals surface area contributed by atoms with E-state index in [0.29, 0.717) is 22.5 Å². The molecule has 1 aliphatic rings. The van der Waals surface area contributed by atoms with E-state index >= 15 is 0 Å². The van der Waals surface area contributed by atoms with E-state index in [1.54, 1.807) is 18.2 Å². The van der Waals surface area contributed by atoms with Gasteiger partial charge in [0.2, 0.25) is 0 Å². The second-order valence-corrected chi connectivity index (χ2v) is 4.82. The Hall–Kier alpha value is -1.42. The largest absolute Gasteiger partial charge is 0.482 e. The summed E-state index contributed by atoms with van der Waals surface area (Å²) in [5, 5.41) is 0.555. The SMILES string of the molecule is CCN(C(=O)COc1ccc(Cl)cc1N)C1CC1. The molecule has 1 aromatic carbocycles. The van der Waals surface area contributed by atoms with Crippen molar-refractivity contribution in [1.82, 2.24) is 4.90 Å². The van der Waals surface area contributed by atoms with Crippen molar-refractivity contribution < 1.29 is 9.53 Å². The molecule has 0 saturated heterocycles. The molecule has 1 fully saturated rings. The number of nitrogens with zero attached hydrogens (tertiary/aromatic N) is 1. The number of nitrogen functional groups attached to an aromatic ring is 1. The van der Waals surface area contributed by atoms with Gasteiger partial charge >= 0.3 is 0 Å². The second kappa shape index (κ2) is 5.48. The van der Waals surface area contributed by atoms with Crippen LogP contribution in [-0.2, 0) is 4.79 Å². The lowest BCUT2D eigenvalue weighted by Gasteiger charge is -2.20. The summed E-state index contributed by atoms with van der Waals surface area (Å²) in [7, 11) is 0. The monoisotopic (exact) mass is 268 g/mol. The summed E-state index contributed by atoms with van der Waals surface area (Å²) in [6.07, 6.45) is 2.20. The summed E-state index contributed by atoms with van der Waals surface area (Å²) < 4.78 is 5.44. The number of carbonyl (C=O) groups is 1. The van der Waals surface area contributed by atoms with Crippen molar-refractivity contribution >= 4 is 23.2 Å². The normalized spacial score (nSPS) is 14.3. The molecule has 2 rings (SSSR count). The number of halogens is 1. The number of nitrogens with two attached hydrogens (primary N) is 1. The summed E-state index contributed by atoms with van der Waals surface area (Å²) in [4.78, 5) is 13.8. The number of amides is 1. The Morgan fingerprint density at radius 3 is 2.83 bits per heavy atom. The molecule has 1 amide bonds. The lowest BCUT2D eigenvalue weighted by molar-refractivity contribution is -0.133. The standard InChI is InChI=1S/C13H17ClN2O2/c1-2-16(10-4-5-10)13(17)8-18-12-6-3-9(14)7-11(12)15/h3,6-7,10H,2,4-5,8,15H2,1H3. The summed E-state index contributed by atoms with van der Waals surface area (Å²) >= 11 is 5.79. The van der Waals surface area contributed by atoms with Gasteiger partial charge in [-0.25, -0.2) is 0 Å². The Bertz CT molecular complexity index is 447. The first kappa shape index (κ1) is 13.0. The highest BCUT2D eigenvalue weighted by molar-refractivity contribution is 6.30. The lowest BCUT2D eigenvalue weighted by Crippen LogP contribution is -2.36. The number of hydrogen-bond acceptors (Lipinski definition) is 3. The van der Waals surface area contributed by atoms with Crippen LogP contribution in [0.3, 0.4) is 0 Å². The second-order valence-electron chi connectivity index (χ2n) is 4.38. The number of hydrogen-bond donors (Lipinski definition) is 1. The molecular formula is C13H17ClN2O2. The number of carbonyl (C=O) groups excluding carboxylic acids is 1. The Balaban J connectivity index is 1.92. The molecule has 0 radical (unpaired) electrons. The van der Waals surface area contributed by atoms with Gasteiger partial charge in [0.15, 0.2) is 6.61 Å². The predicted octanol–water partition coefficient (Wildman–Crippen LogP) is 2.31. The molecule has 4 nitrogen and oxygen atoms in total. The first-order chi connectivity index (χ1) is 8.61. The van der Waals surface area contributed by atoms with Crippen LogP contribution in [0.1, 0.15) is 19.8 Å². The highest BCUT2D eigenvalue weighted by atomic mass is 35.5. The van der Waals surface area contributed by atoms with Crippen molar-refractivity contribution in [2.45, 2.75) is 25.8 Å². The van der Waals surface area contributed by atoms with Gasteiger partial charge in [-0.1, -0.05) is 11.6 Å². The molecule has 0 atom stereocenters. The van der Waals surface area contributed by atoms with Crippen molar-refractivity contribution in [3.05, 3.63) is 23.2 Å². The fourth-order valence-corrected chi connectivity index (χ4v) is 2.08. The minimum absolute atomic E-state index is 0.00866. The third-order valence-corrected chi connectivity index (χ3v) is 3.21. The summed E-state index contributed by atoms with van der Waals surface area (Å²) in [5.74, 6) is 0.508. The highest BCUT2D eigenvalue weighted by Crippen LogP contribution is 2.27. The molecule has 0 heterocycles. The average molecular weight is 269 g/mol. The summed E-state index contributed by atoms with van der Waals surface area (Å²) in [6.45, 7) is 2.73. The van der Waals surface area contributed by atoms with Crippen LogP contribution in [0.5, 0.6) is 5.75 Å². The minimum Gasteiger partial charge on any atom is -0.482 e. The third-order valence-electron chi connectivity index (χ3n) is 2.97. The maximum absolute atomic E-state index is 11.9. The first-order valence-electron chi connectivity index (χ1n) is 6.09. The molecule has 0 aromatic heterocycles. The number of benzene rings is 1. The molecule has 2 N–H and O–H groups in total. The van der Waals surface area contributed by atoms with Crippen molar-refractivity contribution in [2.24, 2.45) is 0 Å². The van der Waals surface area contributed by atoms with E-state index in [4.69, 9.17) is 22.1 Å². The number of likely N-dealkylation sites (N-methyl/N-ethyl adjacent to an activating group) is 1. The predicted molar refractivity (Wildman–Crippen MR) is 71.8 cm³/mol. The number of anilines is 1. The highest BCUT2D eigenvalue weighted by Gasteiger charge is 2.31. The van der Waals surface area contributed by atoms with Crippen LogP contribution in [0, 0.1) is 0 Å². The molecule has 1 aliphatic carbocycles. The van der Waals surface area contributed by atoms with Gasteiger partial charge in [0.1, 0.15) is 5.75 Å². The Morgan fingerprint density at radius 2 is 2.28 bits per heavy atom. The van der Waals surface area contributed by atoms with E-state index in [1.807, 2.05) is 11.8 Å². The Morgan fingerprint density at radius 1 is 1.56 bits per heavy atom. The molecule has 0 spiro atoms. The molecule has 5 heteroatoms. The number of ether oxygens (including phenoxy) is 1. The van der Waals surface area contributed by atoms with Crippen LogP contribution in [0.2, 0.25) is 5.02 Å². The fourth-order valence-electron chi connectivity index (χ4n) is 1.90. The van der Waals surface area contributed by atoms with Crippen molar-refractivity contribution in [3.8, 4) is 5.75 Å². The number of rotatable bonds is 5. The van der Waals surface area contributed by atoms with E-state index in [0.717, 1.165) is 19.4 Å². The van der Waals surface area contributed by atoms with E-state index in [9.17, 15) is 4.79 Å². The zero-order chi connectivity index (χ0) is 13.1. The maximum Gasteiger partial charge on any atom is 0.260 e. The van der Waals surface area contributed by atoms with Crippen LogP contribution in [-0.4, -0.2) is 30.0 Å². The van der Waals surface area contributed by atoms with Crippen LogP contribution >= 0.6 is 11.6 Å². The zero-order valence-electron chi connectivity index (χ0n) is 10.4. The van der Waals surface area contributed by atoms with Gasteiger partial charge in [-0.05, 0) is 38.0 Å². The van der Waals surface area contributed by atoms with Crippen LogP contribution < -0.4 is 10.5 Å². The van der Waals surface area contributed by atoms with Crippen LogP contribution in [0.25, 0.3) is 0 Å². The molecule has 0 unspecified atom stereocenters. The fraction of sp³-hybridized carbons (Fsp3) is 0.462. The quantitative estimate of drug-likeness (QED) is 0.834. The molecule has 98 valence electrons. The molecule has 1 saturated carbocycles. The lowest BCUT2D eigenvalue weighted by atomic mass is 10.3. The minimum atomic E-state index is 0.00866. The van der Waals surface area contributed by atoms with Crippen molar-refractivity contribution in [1.29, 1.82) is 0 Å². The molecule has 0 bridgehead atoms. The van der Waals surface area contributed by atoms with Gasteiger partial charge in [-0.15, -0.1) is 0 Å². The maximum atomic E-state index is 11.9. The van der Waals surface area contributed by atoms with E-state index in [2.05, 4.69) is 0 Å². The van der Waals surface area contributed by atoms with Gasteiger partial charge in [-0.2, -0.15) is 0 Å². The summed E-state index contributed by atoms with van der Waals surface area (Å²) in [5.41, 5.74) is 6.20. The van der Waals surface area contributed by atoms with E-state index < -0.39 is 0 Å². The van der Waals surface area contributed by atoms with Gasteiger partial charge in [-0.3, -0.25) is 4.79 Å². The van der Waals surface area contributed by atoms with E-state index in [-0.39, 0.29) is 12.5 Å². The molecule has 0 aliphatic heterocycles. The van der Waals surface area contributed by atoms with Gasteiger partial charge in [0, 0.05) is 17.6 Å². The molecule has 1 aromatic rings. The molecule has 18 heavy (non-hydrogen) atoms. The topological polar surface area (TPSA) is 55.6 Å². The van der Waals surface area contributed by atoms with Crippen LogP contribution in [0.4, 0.5) is 5.69 Å². The Labute approximate surface area is 112 Å². The third kappa shape index (κ3) is 3.07. The van der Waals surface area contributed by atoms with Crippen molar-refractivity contribution in [3.63, 3.8) is 0 Å². The van der Waals surface area contributed by atoms with Gasteiger partial charge < -0.3 is 15.4 Å². The van der Waals surface area contributed by atoms with Gasteiger partial charge in [0.05, 0.1) is 5.69 Å². The van der Waals surface area contributed by atoms with Crippen molar-refractivity contribution in [2.75, 3.05) is 18.9 Å². The summed E-state index contributed by atoms with van der Waals surface area (Å²) in [6, 6.07) is 5.39. The van der Waals surface area contributed by atoms with Crippen LogP contribution in [0.15, 0.2) is 18.2 Å². The van der Waals surface area contributed by atoms with E-state index in [1.165, 1.54) is 0 Å². The smallest absolute Gasteiger partial charge is 0.260 e. The van der Waals surface area contributed by atoms with Gasteiger partial charge in [0.25, 0.3) is 5.91 Å².